The molecule has 4 nitrogen and oxygen atoms in total. The number of phenolic OH excluding ortho intramolecular Hbond substituents is 1. The second kappa shape index (κ2) is 6.38. The second-order valence-corrected chi connectivity index (χ2v) is 4.92. The van der Waals surface area contributed by atoms with Crippen LogP contribution < -0.4 is 5.32 Å². The van der Waals surface area contributed by atoms with Gasteiger partial charge in [-0.3, -0.25) is 0 Å². The van der Waals surface area contributed by atoms with Crippen molar-refractivity contribution in [2.24, 2.45) is 0 Å². The smallest absolute Gasteiger partial charge is 0.150 e. The van der Waals surface area contributed by atoms with E-state index in [1.807, 2.05) is 25.1 Å². The number of hydrogen-bond donors (Lipinski definition) is 2. The zero-order chi connectivity index (χ0) is 13.7. The molecule has 1 unspecified atom stereocenters. The Hall–Kier alpha value is -1.81. The molecule has 1 aromatic heterocycles. The first-order chi connectivity index (χ1) is 9.13. The van der Waals surface area contributed by atoms with Crippen LogP contribution in [0.3, 0.4) is 0 Å². The third-order valence-corrected chi connectivity index (χ3v) is 3.10. The predicted molar refractivity (Wildman–Crippen MR) is 74.0 cm³/mol. The zero-order valence-corrected chi connectivity index (χ0v) is 11.4. The van der Waals surface area contributed by atoms with Crippen LogP contribution in [0.2, 0.25) is 0 Å². The molecule has 2 aromatic rings. The van der Waals surface area contributed by atoms with E-state index in [9.17, 15) is 5.11 Å². The van der Waals surface area contributed by atoms with Crippen LogP contribution in [0.15, 0.2) is 34.9 Å². The monoisotopic (exact) mass is 260 g/mol. The molecule has 2 N–H and O–H groups in total. The van der Waals surface area contributed by atoms with Gasteiger partial charge in [-0.2, -0.15) is 0 Å². The summed E-state index contributed by atoms with van der Waals surface area (Å²) in [6.07, 6.45) is 2.03. The Morgan fingerprint density at radius 1 is 1.32 bits per heavy atom. The molecule has 1 aromatic carbocycles. The maximum absolute atomic E-state index is 9.22. The molecule has 0 radical (unpaired) electrons. The van der Waals surface area contributed by atoms with Crippen molar-refractivity contribution in [1.29, 1.82) is 0 Å². The third-order valence-electron chi connectivity index (χ3n) is 3.10. The maximum Gasteiger partial charge on any atom is 0.150 e. The van der Waals surface area contributed by atoms with E-state index in [2.05, 4.69) is 17.4 Å². The van der Waals surface area contributed by atoms with Gasteiger partial charge in [-0.05, 0) is 44.4 Å². The highest BCUT2D eigenvalue weighted by Gasteiger charge is 2.05. The van der Waals surface area contributed by atoms with E-state index in [0.29, 0.717) is 18.3 Å². The van der Waals surface area contributed by atoms with E-state index in [1.165, 1.54) is 5.56 Å². The lowest BCUT2D eigenvalue weighted by Crippen LogP contribution is -2.25. The molecule has 1 atom stereocenters. The van der Waals surface area contributed by atoms with Gasteiger partial charge in [0.2, 0.25) is 0 Å². The van der Waals surface area contributed by atoms with Crippen LogP contribution in [-0.4, -0.2) is 16.3 Å². The highest BCUT2D eigenvalue weighted by Crippen LogP contribution is 2.12. The van der Waals surface area contributed by atoms with Crippen LogP contribution in [-0.2, 0) is 13.0 Å². The number of benzene rings is 1. The molecule has 1 heterocycles. The summed E-state index contributed by atoms with van der Waals surface area (Å²) in [5.74, 6) is 1.18. The largest absolute Gasteiger partial charge is 0.508 e. The minimum Gasteiger partial charge on any atom is -0.508 e. The lowest BCUT2D eigenvalue weighted by molar-refractivity contribution is 0.359. The molecule has 0 saturated carbocycles. The highest BCUT2D eigenvalue weighted by molar-refractivity contribution is 5.25. The van der Waals surface area contributed by atoms with Crippen LogP contribution in [0, 0.1) is 6.92 Å². The van der Waals surface area contributed by atoms with Crippen molar-refractivity contribution in [3.8, 4) is 5.75 Å². The molecule has 0 spiro atoms. The third kappa shape index (κ3) is 4.41. The van der Waals surface area contributed by atoms with Gasteiger partial charge in [0.1, 0.15) is 5.75 Å². The van der Waals surface area contributed by atoms with E-state index < -0.39 is 0 Å². The van der Waals surface area contributed by atoms with Crippen LogP contribution >= 0.6 is 0 Å². The summed E-state index contributed by atoms with van der Waals surface area (Å²) < 4.78 is 5.15. The van der Waals surface area contributed by atoms with Gasteiger partial charge in [0, 0.05) is 12.1 Å². The molecular weight excluding hydrogens is 240 g/mol. The van der Waals surface area contributed by atoms with E-state index >= 15 is 0 Å². The molecule has 0 aliphatic rings. The minimum absolute atomic E-state index is 0.315. The van der Waals surface area contributed by atoms with Gasteiger partial charge in [-0.1, -0.05) is 17.3 Å². The van der Waals surface area contributed by atoms with E-state index in [4.69, 9.17) is 4.52 Å². The average Bonchev–Trinajstić information content (AvgIpc) is 2.81. The summed E-state index contributed by atoms with van der Waals surface area (Å²) >= 11 is 0. The molecule has 0 bridgehead atoms. The lowest BCUT2D eigenvalue weighted by Gasteiger charge is -2.12. The Morgan fingerprint density at radius 2 is 2.05 bits per heavy atom. The summed E-state index contributed by atoms with van der Waals surface area (Å²) in [5, 5.41) is 16.5. The molecule has 4 heteroatoms. The number of phenols is 1. The fraction of sp³-hybridized carbons (Fsp3) is 0.400. The van der Waals surface area contributed by atoms with Gasteiger partial charge >= 0.3 is 0 Å². The molecule has 0 aliphatic heterocycles. The molecular formula is C15H20N2O2. The van der Waals surface area contributed by atoms with Gasteiger partial charge < -0.3 is 14.9 Å². The number of nitrogens with zero attached hydrogens (tertiary/aromatic N) is 1. The molecule has 2 rings (SSSR count). The summed E-state index contributed by atoms with van der Waals surface area (Å²) in [6, 6.07) is 9.72. The van der Waals surface area contributed by atoms with E-state index in [-0.39, 0.29) is 0 Å². The van der Waals surface area contributed by atoms with Gasteiger partial charge in [-0.25, -0.2) is 0 Å². The van der Waals surface area contributed by atoms with Crippen molar-refractivity contribution in [2.75, 3.05) is 0 Å². The van der Waals surface area contributed by atoms with Gasteiger partial charge in [0.15, 0.2) is 5.76 Å². The Morgan fingerprint density at radius 3 is 2.68 bits per heavy atom. The van der Waals surface area contributed by atoms with Crippen molar-refractivity contribution in [1.82, 2.24) is 10.5 Å². The Balaban J connectivity index is 1.72. The topological polar surface area (TPSA) is 58.3 Å². The van der Waals surface area contributed by atoms with Gasteiger partial charge in [0.25, 0.3) is 0 Å². The summed E-state index contributed by atoms with van der Waals surface area (Å²) in [7, 11) is 0. The van der Waals surface area contributed by atoms with Crippen molar-refractivity contribution < 1.29 is 9.63 Å². The molecule has 0 fully saturated rings. The number of aromatic hydroxyl groups is 1. The van der Waals surface area contributed by atoms with E-state index in [1.54, 1.807) is 12.1 Å². The maximum atomic E-state index is 9.22. The fourth-order valence-corrected chi connectivity index (χ4v) is 1.92. The zero-order valence-electron chi connectivity index (χ0n) is 11.4. The Bertz CT molecular complexity index is 505. The standard InChI is InChI=1S/C15H20N2O2/c1-11(16-10-15-9-12(2)17-19-15)3-4-13-5-7-14(18)8-6-13/h5-9,11,16,18H,3-4,10H2,1-2H3. The fourth-order valence-electron chi connectivity index (χ4n) is 1.92. The molecule has 0 saturated heterocycles. The van der Waals surface area contributed by atoms with Crippen molar-refractivity contribution in [3.63, 3.8) is 0 Å². The summed E-state index contributed by atoms with van der Waals surface area (Å²) in [6.45, 7) is 4.78. The number of hydrogen-bond acceptors (Lipinski definition) is 4. The number of aryl methyl sites for hydroxylation is 2. The highest BCUT2D eigenvalue weighted by atomic mass is 16.5. The lowest BCUT2D eigenvalue weighted by atomic mass is 10.1. The minimum atomic E-state index is 0.315. The normalized spacial score (nSPS) is 12.5. The number of rotatable bonds is 6. The van der Waals surface area contributed by atoms with Crippen LogP contribution in [0.1, 0.15) is 30.4 Å². The number of nitrogens with one attached hydrogen (secondary N) is 1. The van der Waals surface area contributed by atoms with Crippen molar-refractivity contribution in [3.05, 3.63) is 47.3 Å². The van der Waals surface area contributed by atoms with Crippen LogP contribution in [0.4, 0.5) is 0 Å². The first-order valence-electron chi connectivity index (χ1n) is 6.57. The van der Waals surface area contributed by atoms with Crippen molar-refractivity contribution >= 4 is 0 Å². The first kappa shape index (κ1) is 13.6. The van der Waals surface area contributed by atoms with Gasteiger partial charge in [-0.15, -0.1) is 0 Å². The average molecular weight is 260 g/mol. The number of aromatic nitrogens is 1. The SMILES string of the molecule is Cc1cc(CNC(C)CCc2ccc(O)cc2)on1. The molecule has 102 valence electrons. The predicted octanol–water partition coefficient (Wildman–Crippen LogP) is 2.80. The summed E-state index contributed by atoms with van der Waals surface area (Å²) in [5.41, 5.74) is 2.15. The quantitative estimate of drug-likeness (QED) is 0.838. The van der Waals surface area contributed by atoms with Crippen LogP contribution in [0.5, 0.6) is 5.75 Å². The van der Waals surface area contributed by atoms with Crippen LogP contribution in [0.25, 0.3) is 0 Å². The molecule has 19 heavy (non-hydrogen) atoms. The van der Waals surface area contributed by atoms with Gasteiger partial charge in [0.05, 0.1) is 12.2 Å². The Labute approximate surface area is 113 Å². The Kier molecular flexibility index (Phi) is 4.58. The first-order valence-corrected chi connectivity index (χ1v) is 6.57. The summed E-state index contributed by atoms with van der Waals surface area (Å²) in [4.78, 5) is 0. The van der Waals surface area contributed by atoms with Crippen molar-refractivity contribution in [2.45, 2.75) is 39.3 Å². The van der Waals surface area contributed by atoms with E-state index in [0.717, 1.165) is 24.3 Å². The molecule has 0 amide bonds. The molecule has 0 aliphatic carbocycles. The second-order valence-electron chi connectivity index (χ2n) is 4.92.